The molecule has 0 saturated heterocycles. The van der Waals surface area contributed by atoms with Gasteiger partial charge in [-0.25, -0.2) is 0 Å². The normalized spacial score (nSPS) is 37.1. The Kier molecular flexibility index (Phi) is 2.83. The molecule has 3 nitrogen and oxygen atoms in total. The summed E-state index contributed by atoms with van der Waals surface area (Å²) in [5.41, 5.74) is 0.932. The van der Waals surface area contributed by atoms with E-state index in [1.165, 1.54) is 0 Å². The van der Waals surface area contributed by atoms with Gasteiger partial charge in [-0.3, -0.25) is 9.69 Å². The molecule has 1 saturated carbocycles. The van der Waals surface area contributed by atoms with E-state index in [4.69, 9.17) is 4.74 Å². The van der Waals surface area contributed by atoms with Crippen molar-refractivity contribution in [1.82, 2.24) is 4.90 Å². The van der Waals surface area contributed by atoms with Crippen molar-refractivity contribution in [3.63, 3.8) is 0 Å². The Morgan fingerprint density at radius 3 is 2.68 bits per heavy atom. The lowest BCUT2D eigenvalue weighted by Gasteiger charge is -2.52. The van der Waals surface area contributed by atoms with Gasteiger partial charge >= 0.3 is 0 Å². The highest BCUT2D eigenvalue weighted by Crippen LogP contribution is 2.51. The van der Waals surface area contributed by atoms with E-state index in [0.717, 1.165) is 43.4 Å². The minimum atomic E-state index is -0.157. The number of allylic oxidation sites excluding steroid dienone is 2. The van der Waals surface area contributed by atoms with Crippen LogP contribution < -0.4 is 0 Å². The molecule has 2 aliphatic carbocycles. The van der Waals surface area contributed by atoms with Crippen molar-refractivity contribution in [3.05, 3.63) is 11.3 Å². The predicted molar refractivity (Wildman–Crippen MR) is 74.5 cm³/mol. The molecule has 1 fully saturated rings. The van der Waals surface area contributed by atoms with E-state index in [1.54, 1.807) is 0 Å². The smallest absolute Gasteiger partial charge is 0.163 e. The summed E-state index contributed by atoms with van der Waals surface area (Å²) in [6, 6.07) is 0. The molecule has 0 aromatic rings. The Morgan fingerprint density at radius 1 is 1.26 bits per heavy atom. The van der Waals surface area contributed by atoms with Crippen LogP contribution in [0.5, 0.6) is 0 Å². The molecule has 0 aromatic heterocycles. The number of fused-ring (bicyclic) bond motifs is 3. The van der Waals surface area contributed by atoms with Crippen LogP contribution in [0.4, 0.5) is 0 Å². The van der Waals surface area contributed by atoms with Crippen molar-refractivity contribution in [2.24, 2.45) is 11.3 Å². The van der Waals surface area contributed by atoms with Crippen LogP contribution in [-0.4, -0.2) is 30.5 Å². The van der Waals surface area contributed by atoms with E-state index < -0.39 is 0 Å². The lowest BCUT2D eigenvalue weighted by atomic mass is 9.67. The molecular formula is C16H25NO2. The van der Waals surface area contributed by atoms with E-state index >= 15 is 0 Å². The minimum absolute atomic E-state index is 0.0507. The largest absolute Gasteiger partial charge is 0.476 e. The van der Waals surface area contributed by atoms with Crippen LogP contribution in [0.25, 0.3) is 0 Å². The molecule has 3 heteroatoms. The lowest BCUT2D eigenvalue weighted by molar-refractivity contribution is -0.161. The third-order valence-corrected chi connectivity index (χ3v) is 5.10. The molecule has 2 bridgehead atoms. The number of ether oxygens (including phenoxy) is 1. The summed E-state index contributed by atoms with van der Waals surface area (Å²) in [5.74, 6) is 1.78. The Hall–Kier alpha value is -0.830. The molecule has 0 amide bonds. The number of carbonyl (C=O) groups is 1. The fourth-order valence-corrected chi connectivity index (χ4v) is 4.10. The summed E-state index contributed by atoms with van der Waals surface area (Å²) >= 11 is 0. The van der Waals surface area contributed by atoms with Crippen LogP contribution in [-0.2, 0) is 9.53 Å². The molecular weight excluding hydrogens is 238 g/mol. The third-order valence-electron chi connectivity index (χ3n) is 5.10. The molecule has 1 aliphatic heterocycles. The van der Waals surface area contributed by atoms with Gasteiger partial charge in [0.2, 0.25) is 0 Å². The van der Waals surface area contributed by atoms with Crippen LogP contribution in [0.3, 0.4) is 0 Å². The second-order valence-electron chi connectivity index (χ2n) is 7.51. The minimum Gasteiger partial charge on any atom is -0.476 e. The summed E-state index contributed by atoms with van der Waals surface area (Å²) < 4.78 is 6.40. The number of Topliss-reactive ketones (excluding diaryl/α,β-unsaturated/α-hetero) is 1. The molecule has 1 heterocycles. The van der Waals surface area contributed by atoms with Crippen molar-refractivity contribution in [2.75, 3.05) is 14.1 Å². The monoisotopic (exact) mass is 263 g/mol. The van der Waals surface area contributed by atoms with Crippen molar-refractivity contribution in [1.29, 1.82) is 0 Å². The molecule has 3 rings (SSSR count). The third kappa shape index (κ3) is 2.03. The zero-order valence-corrected chi connectivity index (χ0v) is 12.6. The van der Waals surface area contributed by atoms with Gasteiger partial charge in [0.05, 0.1) is 0 Å². The van der Waals surface area contributed by atoms with Gasteiger partial charge in [-0.1, -0.05) is 13.8 Å². The van der Waals surface area contributed by atoms with Crippen LogP contribution in [0, 0.1) is 11.3 Å². The van der Waals surface area contributed by atoms with Crippen LogP contribution >= 0.6 is 0 Å². The fourth-order valence-electron chi connectivity index (χ4n) is 4.10. The average Bonchev–Trinajstić information content (AvgIpc) is 2.25. The standard InChI is InChI=1S/C16H25NO2/c1-15(2)9-12(18)14-11-6-5-7-16(8-11,17(3)4)19-13(14)10-15/h11H,5-10H2,1-4H3. The lowest BCUT2D eigenvalue weighted by Crippen LogP contribution is -2.54. The molecule has 3 aliphatic rings. The molecule has 2 atom stereocenters. The number of hydrogen-bond donors (Lipinski definition) is 0. The number of rotatable bonds is 1. The van der Waals surface area contributed by atoms with Gasteiger partial charge in [0, 0.05) is 31.3 Å². The van der Waals surface area contributed by atoms with Gasteiger partial charge in [-0.05, 0) is 38.3 Å². The number of ketones is 1. The molecule has 0 radical (unpaired) electrons. The first kappa shape index (κ1) is 13.2. The summed E-state index contributed by atoms with van der Waals surface area (Å²) in [4.78, 5) is 14.7. The van der Waals surface area contributed by atoms with Crippen LogP contribution in [0.2, 0.25) is 0 Å². The zero-order chi connectivity index (χ0) is 13.8. The van der Waals surface area contributed by atoms with E-state index in [0.29, 0.717) is 18.1 Å². The second kappa shape index (κ2) is 4.08. The van der Waals surface area contributed by atoms with Gasteiger partial charge < -0.3 is 4.74 Å². The number of nitrogens with zero attached hydrogens (tertiary/aromatic N) is 1. The van der Waals surface area contributed by atoms with Crippen molar-refractivity contribution in [3.8, 4) is 0 Å². The molecule has 0 spiro atoms. The molecule has 0 aromatic carbocycles. The van der Waals surface area contributed by atoms with E-state index in [-0.39, 0.29) is 11.1 Å². The van der Waals surface area contributed by atoms with Gasteiger partial charge in [0.1, 0.15) is 5.76 Å². The van der Waals surface area contributed by atoms with E-state index in [1.807, 2.05) is 0 Å². The summed E-state index contributed by atoms with van der Waals surface area (Å²) in [6.07, 6.45) is 5.99. The van der Waals surface area contributed by atoms with Gasteiger partial charge in [-0.15, -0.1) is 0 Å². The maximum absolute atomic E-state index is 12.5. The second-order valence-corrected chi connectivity index (χ2v) is 7.51. The average molecular weight is 263 g/mol. The zero-order valence-electron chi connectivity index (χ0n) is 12.6. The first-order chi connectivity index (χ1) is 8.83. The summed E-state index contributed by atoms with van der Waals surface area (Å²) in [6.45, 7) is 4.34. The van der Waals surface area contributed by atoms with Crippen molar-refractivity contribution >= 4 is 5.78 Å². The Bertz CT molecular complexity index is 450. The SMILES string of the molecule is CN(C)C12CCCC(C1)C1=C(CC(C)(C)CC1=O)O2. The summed E-state index contributed by atoms with van der Waals surface area (Å²) in [7, 11) is 4.20. The fraction of sp³-hybridized carbons (Fsp3) is 0.812. The van der Waals surface area contributed by atoms with Crippen LogP contribution in [0.15, 0.2) is 11.3 Å². The Balaban J connectivity index is 2.02. The number of carbonyl (C=O) groups excluding carboxylic acids is 1. The Labute approximate surface area is 116 Å². The summed E-state index contributed by atoms with van der Waals surface area (Å²) in [5, 5.41) is 0. The highest BCUT2D eigenvalue weighted by molar-refractivity contribution is 5.97. The molecule has 19 heavy (non-hydrogen) atoms. The maximum atomic E-state index is 12.5. The van der Waals surface area contributed by atoms with Crippen molar-refractivity contribution < 1.29 is 9.53 Å². The van der Waals surface area contributed by atoms with Gasteiger partial charge in [-0.2, -0.15) is 0 Å². The van der Waals surface area contributed by atoms with Gasteiger partial charge in [0.25, 0.3) is 0 Å². The van der Waals surface area contributed by atoms with E-state index in [9.17, 15) is 4.79 Å². The first-order valence-corrected chi connectivity index (χ1v) is 7.46. The topological polar surface area (TPSA) is 29.5 Å². The quantitative estimate of drug-likeness (QED) is 0.728. The van der Waals surface area contributed by atoms with Crippen molar-refractivity contribution in [2.45, 2.75) is 58.1 Å². The van der Waals surface area contributed by atoms with E-state index in [2.05, 4.69) is 32.8 Å². The highest BCUT2D eigenvalue weighted by atomic mass is 16.5. The predicted octanol–water partition coefficient (Wildman–Crippen LogP) is 3.11. The maximum Gasteiger partial charge on any atom is 0.163 e. The molecule has 106 valence electrons. The highest BCUT2D eigenvalue weighted by Gasteiger charge is 2.50. The van der Waals surface area contributed by atoms with Gasteiger partial charge in [0.15, 0.2) is 11.5 Å². The molecule has 2 unspecified atom stereocenters. The first-order valence-electron chi connectivity index (χ1n) is 7.46. The Morgan fingerprint density at radius 2 is 2.00 bits per heavy atom. The van der Waals surface area contributed by atoms with Crippen LogP contribution in [0.1, 0.15) is 52.4 Å². The number of hydrogen-bond acceptors (Lipinski definition) is 3. The molecule has 0 N–H and O–H groups in total.